The topological polar surface area (TPSA) is 32.3 Å². The molecule has 1 heterocycles. The van der Waals surface area contributed by atoms with Crippen LogP contribution in [0.1, 0.15) is 12.5 Å². The summed E-state index contributed by atoms with van der Waals surface area (Å²) in [6.07, 6.45) is 0. The lowest BCUT2D eigenvalue weighted by molar-refractivity contribution is 0.474. The Morgan fingerprint density at radius 2 is 2.08 bits per heavy atom. The Bertz CT molecular complexity index is 290. The number of phenols is 1. The van der Waals surface area contributed by atoms with Crippen molar-refractivity contribution < 1.29 is 5.11 Å². The molecule has 0 aliphatic carbocycles. The zero-order chi connectivity index (χ0) is 9.31. The van der Waals surface area contributed by atoms with Crippen molar-refractivity contribution in [1.82, 2.24) is 5.32 Å². The molecule has 1 aliphatic rings. The molecule has 2 rings (SSSR count). The van der Waals surface area contributed by atoms with Crippen LogP contribution >= 0.6 is 11.8 Å². The van der Waals surface area contributed by atoms with E-state index in [1.165, 1.54) is 5.56 Å². The first-order valence-corrected chi connectivity index (χ1v) is 5.38. The lowest BCUT2D eigenvalue weighted by Gasteiger charge is -2.23. The smallest absolute Gasteiger partial charge is 0.115 e. The van der Waals surface area contributed by atoms with Gasteiger partial charge in [-0.05, 0) is 24.6 Å². The van der Waals surface area contributed by atoms with Crippen LogP contribution in [-0.2, 0) is 4.87 Å². The molecule has 1 atom stereocenters. The zero-order valence-corrected chi connectivity index (χ0v) is 8.40. The summed E-state index contributed by atoms with van der Waals surface area (Å²) in [5.41, 5.74) is 1.23. The van der Waals surface area contributed by atoms with Gasteiger partial charge in [-0.3, -0.25) is 5.32 Å². The van der Waals surface area contributed by atoms with Gasteiger partial charge in [-0.2, -0.15) is 0 Å². The maximum absolute atomic E-state index is 9.16. The van der Waals surface area contributed by atoms with E-state index in [1.807, 2.05) is 23.9 Å². The third-order valence-corrected chi connectivity index (χ3v) is 3.74. The lowest BCUT2D eigenvalue weighted by atomic mass is 10.1. The molecule has 1 aliphatic heterocycles. The number of phenolic OH excluding ortho intramolecular Hbond substituents is 1. The number of benzene rings is 1. The van der Waals surface area contributed by atoms with Crippen LogP contribution in [0.3, 0.4) is 0 Å². The molecule has 0 radical (unpaired) electrons. The third kappa shape index (κ3) is 1.67. The van der Waals surface area contributed by atoms with Crippen LogP contribution in [0, 0.1) is 0 Å². The molecule has 2 nitrogen and oxygen atoms in total. The molecule has 0 saturated carbocycles. The number of thioether (sulfide) groups is 1. The Morgan fingerprint density at radius 1 is 1.38 bits per heavy atom. The Labute approximate surface area is 82.4 Å². The first kappa shape index (κ1) is 8.91. The van der Waals surface area contributed by atoms with E-state index >= 15 is 0 Å². The van der Waals surface area contributed by atoms with Gasteiger partial charge in [-0.1, -0.05) is 12.1 Å². The number of hydrogen-bond acceptors (Lipinski definition) is 3. The summed E-state index contributed by atoms with van der Waals surface area (Å²) in [5, 5.41) is 12.6. The van der Waals surface area contributed by atoms with Crippen molar-refractivity contribution in [3.8, 4) is 5.75 Å². The second kappa shape index (κ2) is 3.24. The molecular weight excluding hydrogens is 182 g/mol. The summed E-state index contributed by atoms with van der Waals surface area (Å²) in [7, 11) is 0. The fourth-order valence-corrected chi connectivity index (χ4v) is 2.68. The SMILES string of the molecule is CC1(c2ccc(O)cc2)NCCS1. The summed E-state index contributed by atoms with van der Waals surface area (Å²) in [4.78, 5) is 0.0354. The molecule has 1 aromatic rings. The van der Waals surface area contributed by atoms with Crippen LogP contribution in [-0.4, -0.2) is 17.4 Å². The minimum atomic E-state index is 0.0354. The van der Waals surface area contributed by atoms with Gasteiger partial charge in [0.05, 0.1) is 4.87 Å². The highest BCUT2D eigenvalue weighted by atomic mass is 32.2. The van der Waals surface area contributed by atoms with Crippen molar-refractivity contribution in [1.29, 1.82) is 0 Å². The summed E-state index contributed by atoms with van der Waals surface area (Å²) in [6, 6.07) is 7.42. The molecule has 1 aromatic carbocycles. The molecule has 0 aromatic heterocycles. The maximum atomic E-state index is 9.16. The second-order valence-corrected chi connectivity index (χ2v) is 4.87. The molecular formula is C10H13NOS. The van der Waals surface area contributed by atoms with E-state index in [-0.39, 0.29) is 4.87 Å². The molecule has 3 heteroatoms. The third-order valence-electron chi connectivity index (χ3n) is 2.37. The average Bonchev–Trinajstić information content (AvgIpc) is 2.54. The lowest BCUT2D eigenvalue weighted by Crippen LogP contribution is -2.30. The molecule has 2 N–H and O–H groups in total. The highest BCUT2D eigenvalue weighted by Gasteiger charge is 2.30. The summed E-state index contributed by atoms with van der Waals surface area (Å²) in [6.45, 7) is 3.24. The molecule has 70 valence electrons. The first-order chi connectivity index (χ1) is 6.21. The molecule has 13 heavy (non-hydrogen) atoms. The second-order valence-electron chi connectivity index (χ2n) is 3.36. The maximum Gasteiger partial charge on any atom is 0.115 e. The van der Waals surface area contributed by atoms with Crippen LogP contribution < -0.4 is 5.32 Å². The predicted octanol–water partition coefficient (Wildman–Crippen LogP) is 1.90. The van der Waals surface area contributed by atoms with E-state index in [0.29, 0.717) is 5.75 Å². The van der Waals surface area contributed by atoms with Crippen molar-refractivity contribution >= 4 is 11.8 Å². The normalized spacial score (nSPS) is 27.8. The summed E-state index contributed by atoms with van der Waals surface area (Å²) in [5.74, 6) is 1.48. The molecule has 1 fully saturated rings. The van der Waals surface area contributed by atoms with Gasteiger partial charge in [0.1, 0.15) is 5.75 Å². The average molecular weight is 195 g/mol. The Morgan fingerprint density at radius 3 is 2.62 bits per heavy atom. The van der Waals surface area contributed by atoms with Gasteiger partial charge in [0.15, 0.2) is 0 Å². The van der Waals surface area contributed by atoms with E-state index in [4.69, 9.17) is 5.11 Å². The van der Waals surface area contributed by atoms with E-state index in [1.54, 1.807) is 12.1 Å². The molecule has 1 unspecified atom stereocenters. The Hall–Kier alpha value is -0.670. The minimum Gasteiger partial charge on any atom is -0.508 e. The fourth-order valence-electron chi connectivity index (χ4n) is 1.56. The van der Waals surface area contributed by atoms with Gasteiger partial charge in [0.25, 0.3) is 0 Å². The molecule has 0 bridgehead atoms. The molecule has 1 saturated heterocycles. The van der Waals surface area contributed by atoms with E-state index in [9.17, 15) is 0 Å². The zero-order valence-electron chi connectivity index (χ0n) is 7.58. The van der Waals surface area contributed by atoms with Gasteiger partial charge in [0.2, 0.25) is 0 Å². The number of hydrogen-bond donors (Lipinski definition) is 2. The Balaban J connectivity index is 2.29. The summed E-state index contributed by atoms with van der Waals surface area (Å²) >= 11 is 1.91. The quantitative estimate of drug-likeness (QED) is 0.718. The largest absolute Gasteiger partial charge is 0.508 e. The summed E-state index contributed by atoms with van der Waals surface area (Å²) < 4.78 is 0. The van der Waals surface area contributed by atoms with Gasteiger partial charge in [-0.15, -0.1) is 11.8 Å². The van der Waals surface area contributed by atoms with Crippen LogP contribution in [0.15, 0.2) is 24.3 Å². The number of aromatic hydroxyl groups is 1. The molecule has 0 spiro atoms. The fraction of sp³-hybridized carbons (Fsp3) is 0.400. The van der Waals surface area contributed by atoms with Crippen molar-refractivity contribution in [3.05, 3.63) is 29.8 Å². The van der Waals surface area contributed by atoms with Gasteiger partial charge < -0.3 is 5.11 Å². The van der Waals surface area contributed by atoms with Crippen LogP contribution in [0.25, 0.3) is 0 Å². The van der Waals surface area contributed by atoms with Gasteiger partial charge >= 0.3 is 0 Å². The van der Waals surface area contributed by atoms with E-state index in [2.05, 4.69) is 12.2 Å². The highest BCUT2D eigenvalue weighted by Crippen LogP contribution is 2.37. The van der Waals surface area contributed by atoms with Gasteiger partial charge in [-0.25, -0.2) is 0 Å². The highest BCUT2D eigenvalue weighted by molar-refractivity contribution is 8.00. The van der Waals surface area contributed by atoms with Crippen LogP contribution in [0.2, 0.25) is 0 Å². The van der Waals surface area contributed by atoms with Crippen LogP contribution in [0.5, 0.6) is 5.75 Å². The predicted molar refractivity (Wildman–Crippen MR) is 55.9 cm³/mol. The van der Waals surface area contributed by atoms with Crippen molar-refractivity contribution in [3.63, 3.8) is 0 Å². The number of nitrogens with one attached hydrogen (secondary N) is 1. The van der Waals surface area contributed by atoms with Crippen molar-refractivity contribution in [2.45, 2.75) is 11.8 Å². The number of rotatable bonds is 1. The van der Waals surface area contributed by atoms with E-state index in [0.717, 1.165) is 12.3 Å². The van der Waals surface area contributed by atoms with Crippen LogP contribution in [0.4, 0.5) is 0 Å². The first-order valence-electron chi connectivity index (χ1n) is 4.39. The monoisotopic (exact) mass is 195 g/mol. The van der Waals surface area contributed by atoms with Crippen molar-refractivity contribution in [2.24, 2.45) is 0 Å². The standard InChI is InChI=1S/C10H13NOS/c1-10(11-6-7-13-10)8-2-4-9(12)5-3-8/h2-5,11-12H,6-7H2,1H3. The minimum absolute atomic E-state index is 0.0354. The van der Waals surface area contributed by atoms with E-state index < -0.39 is 0 Å². The van der Waals surface area contributed by atoms with Crippen molar-refractivity contribution in [2.75, 3.05) is 12.3 Å². The Kier molecular flexibility index (Phi) is 2.22. The molecule has 0 amide bonds. The van der Waals surface area contributed by atoms with Gasteiger partial charge in [0, 0.05) is 12.3 Å².